The molecule has 1 saturated heterocycles. The predicted molar refractivity (Wildman–Crippen MR) is 120 cm³/mol. The minimum Gasteiger partial charge on any atom is -0.463 e. The van der Waals surface area contributed by atoms with E-state index in [0.29, 0.717) is 6.61 Å². The second kappa shape index (κ2) is 18.4. The largest absolute Gasteiger partial charge is 0.463 e. The SMILES string of the molecule is CC=CC(=O)OCCCCCCCCCCCCCCCC=CN1CCCC1=O. The average molecular weight is 406 g/mol. The Hall–Kier alpha value is -1.58. The van der Waals surface area contributed by atoms with Crippen LogP contribution in [0.3, 0.4) is 0 Å². The zero-order chi connectivity index (χ0) is 21.0. The van der Waals surface area contributed by atoms with E-state index >= 15 is 0 Å². The Kier molecular flexibility index (Phi) is 16.2. The number of nitrogens with zero attached hydrogens (tertiary/aromatic N) is 1. The highest BCUT2D eigenvalue weighted by Gasteiger charge is 2.16. The van der Waals surface area contributed by atoms with Crippen LogP contribution in [-0.4, -0.2) is 29.9 Å². The number of amides is 1. The van der Waals surface area contributed by atoms with Crippen molar-refractivity contribution in [2.24, 2.45) is 0 Å². The van der Waals surface area contributed by atoms with Crippen LogP contribution in [-0.2, 0) is 14.3 Å². The molecule has 1 rings (SSSR count). The molecule has 0 unspecified atom stereocenters. The van der Waals surface area contributed by atoms with Crippen molar-refractivity contribution in [2.75, 3.05) is 13.2 Å². The van der Waals surface area contributed by atoms with Gasteiger partial charge in [-0.1, -0.05) is 82.8 Å². The van der Waals surface area contributed by atoms with Crippen molar-refractivity contribution in [1.29, 1.82) is 0 Å². The highest BCUT2D eigenvalue weighted by molar-refractivity contribution is 5.81. The number of rotatable bonds is 18. The summed E-state index contributed by atoms with van der Waals surface area (Å²) in [5.41, 5.74) is 0. The molecule has 0 aromatic carbocycles. The van der Waals surface area contributed by atoms with E-state index in [0.717, 1.165) is 38.6 Å². The second-order valence-electron chi connectivity index (χ2n) is 8.13. The van der Waals surface area contributed by atoms with Crippen LogP contribution in [0.1, 0.15) is 110 Å². The summed E-state index contributed by atoms with van der Waals surface area (Å²) in [6.07, 6.45) is 26.9. The van der Waals surface area contributed by atoms with Crippen molar-refractivity contribution >= 4 is 11.9 Å². The van der Waals surface area contributed by atoms with Gasteiger partial charge in [0.1, 0.15) is 0 Å². The monoisotopic (exact) mass is 405 g/mol. The molecule has 1 fully saturated rings. The third-order valence-corrected chi connectivity index (χ3v) is 5.46. The Bertz CT molecular complexity index is 484. The van der Waals surface area contributed by atoms with Crippen molar-refractivity contribution in [2.45, 2.75) is 110 Å². The van der Waals surface area contributed by atoms with Crippen LogP contribution in [0.25, 0.3) is 0 Å². The second-order valence-corrected chi connectivity index (χ2v) is 8.13. The van der Waals surface area contributed by atoms with E-state index in [1.54, 1.807) is 6.08 Å². The van der Waals surface area contributed by atoms with Gasteiger partial charge in [-0.05, 0) is 32.6 Å². The van der Waals surface area contributed by atoms with E-state index < -0.39 is 0 Å². The Labute approximate surface area is 178 Å². The van der Waals surface area contributed by atoms with E-state index in [-0.39, 0.29) is 11.9 Å². The van der Waals surface area contributed by atoms with E-state index in [2.05, 4.69) is 6.08 Å². The maximum atomic E-state index is 11.5. The lowest BCUT2D eigenvalue weighted by Crippen LogP contribution is -2.17. The molecule has 0 aliphatic carbocycles. The Morgan fingerprint density at radius 1 is 0.897 bits per heavy atom. The minimum absolute atomic E-state index is 0.223. The summed E-state index contributed by atoms with van der Waals surface area (Å²) in [6.45, 7) is 3.28. The lowest BCUT2D eigenvalue weighted by molar-refractivity contribution is -0.137. The van der Waals surface area contributed by atoms with Crippen molar-refractivity contribution in [3.63, 3.8) is 0 Å². The summed E-state index contributed by atoms with van der Waals surface area (Å²) < 4.78 is 5.08. The maximum absolute atomic E-state index is 11.5. The Morgan fingerprint density at radius 2 is 1.45 bits per heavy atom. The van der Waals surface area contributed by atoms with Crippen molar-refractivity contribution < 1.29 is 14.3 Å². The molecule has 1 aliphatic heterocycles. The summed E-state index contributed by atoms with van der Waals surface area (Å²) in [4.78, 5) is 24.5. The van der Waals surface area contributed by atoms with E-state index in [1.807, 2.05) is 18.0 Å². The fourth-order valence-corrected chi connectivity index (χ4v) is 3.69. The van der Waals surface area contributed by atoms with Gasteiger partial charge in [-0.15, -0.1) is 0 Å². The first-order valence-electron chi connectivity index (χ1n) is 12.0. The van der Waals surface area contributed by atoms with Gasteiger partial charge in [0.25, 0.3) is 0 Å². The number of carbonyl (C=O) groups excluding carboxylic acids is 2. The van der Waals surface area contributed by atoms with E-state index in [1.165, 1.54) is 76.7 Å². The zero-order valence-electron chi connectivity index (χ0n) is 18.7. The molecule has 1 amide bonds. The van der Waals surface area contributed by atoms with Gasteiger partial charge in [0.15, 0.2) is 0 Å². The van der Waals surface area contributed by atoms with Gasteiger partial charge in [-0.2, -0.15) is 0 Å². The predicted octanol–water partition coefficient (Wildman–Crippen LogP) is 6.70. The molecule has 0 N–H and O–H groups in total. The van der Waals surface area contributed by atoms with Gasteiger partial charge in [0.2, 0.25) is 5.91 Å². The molecule has 4 heteroatoms. The van der Waals surface area contributed by atoms with Crippen molar-refractivity contribution in [1.82, 2.24) is 4.90 Å². The van der Waals surface area contributed by atoms with Crippen LogP contribution in [0.4, 0.5) is 0 Å². The van der Waals surface area contributed by atoms with Crippen LogP contribution >= 0.6 is 0 Å². The summed E-state index contributed by atoms with van der Waals surface area (Å²) in [5.74, 6) is 0.0590. The van der Waals surface area contributed by atoms with Crippen LogP contribution in [0, 0.1) is 0 Å². The summed E-state index contributed by atoms with van der Waals surface area (Å²) >= 11 is 0. The number of esters is 1. The number of hydrogen-bond acceptors (Lipinski definition) is 3. The molecule has 1 aliphatic rings. The summed E-state index contributed by atoms with van der Waals surface area (Å²) in [6, 6.07) is 0. The standard InChI is InChI=1S/C25H43NO3/c1-2-19-25(28)29-23-17-15-13-11-9-7-5-3-4-6-8-10-12-14-16-21-26-22-18-20-24(26)27/h2,16,19,21H,3-15,17-18,20,22-23H2,1H3. The molecule has 0 spiro atoms. The Morgan fingerprint density at radius 3 is 1.97 bits per heavy atom. The van der Waals surface area contributed by atoms with Crippen molar-refractivity contribution in [3.8, 4) is 0 Å². The number of carbonyl (C=O) groups is 2. The minimum atomic E-state index is -0.223. The molecule has 0 aromatic rings. The third kappa shape index (κ3) is 15.0. The first-order valence-corrected chi connectivity index (χ1v) is 12.0. The van der Waals surface area contributed by atoms with Gasteiger partial charge >= 0.3 is 5.97 Å². The molecule has 0 radical (unpaired) electrons. The Balaban J connectivity index is 1.72. The molecule has 1 heterocycles. The molecule has 0 atom stereocenters. The van der Waals surface area contributed by atoms with Crippen LogP contribution < -0.4 is 0 Å². The molecule has 4 nitrogen and oxygen atoms in total. The lowest BCUT2D eigenvalue weighted by Gasteiger charge is -2.08. The molecule has 166 valence electrons. The number of allylic oxidation sites excluding steroid dienone is 2. The highest BCUT2D eigenvalue weighted by Crippen LogP contribution is 2.14. The molecular weight excluding hydrogens is 362 g/mol. The molecule has 0 bridgehead atoms. The third-order valence-electron chi connectivity index (χ3n) is 5.46. The first-order chi connectivity index (χ1) is 14.2. The number of unbranched alkanes of at least 4 members (excludes halogenated alkanes) is 13. The number of hydrogen-bond donors (Lipinski definition) is 0. The fraction of sp³-hybridized carbons (Fsp3) is 0.760. The number of likely N-dealkylation sites (tertiary alicyclic amines) is 1. The average Bonchev–Trinajstić information content (AvgIpc) is 3.12. The number of ether oxygens (including phenoxy) is 1. The quantitative estimate of drug-likeness (QED) is 0.145. The van der Waals surface area contributed by atoms with Crippen molar-refractivity contribution in [3.05, 3.63) is 24.4 Å². The lowest BCUT2D eigenvalue weighted by atomic mass is 10.0. The van der Waals surface area contributed by atoms with Gasteiger partial charge in [0, 0.05) is 25.2 Å². The van der Waals surface area contributed by atoms with E-state index in [9.17, 15) is 9.59 Å². The summed E-state index contributed by atoms with van der Waals surface area (Å²) in [5, 5.41) is 0. The van der Waals surface area contributed by atoms with Crippen LogP contribution in [0.5, 0.6) is 0 Å². The normalized spacial score (nSPS) is 14.5. The highest BCUT2D eigenvalue weighted by atomic mass is 16.5. The smallest absolute Gasteiger partial charge is 0.330 e. The van der Waals surface area contributed by atoms with Crippen LogP contribution in [0.15, 0.2) is 24.4 Å². The molecule has 0 saturated carbocycles. The topological polar surface area (TPSA) is 46.6 Å². The van der Waals surface area contributed by atoms with E-state index in [4.69, 9.17) is 4.74 Å². The van der Waals surface area contributed by atoms with Gasteiger partial charge in [-0.3, -0.25) is 4.79 Å². The van der Waals surface area contributed by atoms with Gasteiger partial charge < -0.3 is 9.64 Å². The van der Waals surface area contributed by atoms with Gasteiger partial charge in [0.05, 0.1) is 6.61 Å². The summed E-state index contributed by atoms with van der Waals surface area (Å²) in [7, 11) is 0. The fourth-order valence-electron chi connectivity index (χ4n) is 3.69. The van der Waals surface area contributed by atoms with Gasteiger partial charge in [-0.25, -0.2) is 4.79 Å². The molecule has 29 heavy (non-hydrogen) atoms. The zero-order valence-corrected chi connectivity index (χ0v) is 18.7. The molecular formula is C25H43NO3. The maximum Gasteiger partial charge on any atom is 0.330 e. The first kappa shape index (κ1) is 25.5. The molecule has 0 aromatic heterocycles. The van der Waals surface area contributed by atoms with Crippen LogP contribution in [0.2, 0.25) is 0 Å².